The molecule has 0 radical (unpaired) electrons. The van der Waals surface area contributed by atoms with Crippen molar-refractivity contribution in [2.45, 2.75) is 0 Å². The van der Waals surface area contributed by atoms with E-state index in [1.165, 1.54) is 11.0 Å². The van der Waals surface area contributed by atoms with Crippen LogP contribution in [0.15, 0.2) is 6.07 Å². The number of aliphatic hydroxyl groups excluding tert-OH is 1. The molecule has 0 saturated carbocycles. The average Bonchev–Trinajstić information content (AvgIpc) is 2.63. The maximum atomic E-state index is 12.1. The Bertz CT molecular complexity index is 384. The van der Waals surface area contributed by atoms with Gasteiger partial charge in [0.1, 0.15) is 4.34 Å². The lowest BCUT2D eigenvalue weighted by Gasteiger charge is -2.20. The third-order valence-electron chi connectivity index (χ3n) is 2.11. The van der Waals surface area contributed by atoms with E-state index < -0.39 is 0 Å². The molecule has 1 N–H and O–H groups in total. The molecule has 1 aromatic rings. The molecule has 0 unspecified atom stereocenters. The second-order valence-electron chi connectivity index (χ2n) is 3.25. The number of carbonyl (C=O) groups excluding carboxylic acids is 1. The average molecular weight is 298 g/mol. The van der Waals surface area contributed by atoms with Gasteiger partial charge in [-0.15, -0.1) is 11.3 Å². The van der Waals surface area contributed by atoms with Crippen molar-refractivity contribution in [3.8, 4) is 0 Å². The molecule has 0 atom stereocenters. The first-order valence-electron chi connectivity index (χ1n) is 4.94. The van der Waals surface area contributed by atoms with Crippen molar-refractivity contribution in [2.24, 2.45) is 0 Å². The van der Waals surface area contributed by atoms with Crippen molar-refractivity contribution in [3.05, 3.63) is 20.3 Å². The van der Waals surface area contributed by atoms with E-state index in [4.69, 9.17) is 33.0 Å². The minimum Gasteiger partial charge on any atom is -0.395 e. The van der Waals surface area contributed by atoms with Gasteiger partial charge in [-0.05, 0) is 6.07 Å². The summed E-state index contributed by atoms with van der Waals surface area (Å²) in [5, 5.41) is 8.92. The zero-order chi connectivity index (χ0) is 12.8. The molecule has 1 aromatic heterocycles. The first-order chi connectivity index (χ1) is 8.10. The zero-order valence-electron chi connectivity index (χ0n) is 9.28. The summed E-state index contributed by atoms with van der Waals surface area (Å²) in [6.07, 6.45) is 0. The van der Waals surface area contributed by atoms with Crippen LogP contribution in [0.5, 0.6) is 0 Å². The fraction of sp³-hybridized carbons (Fsp3) is 0.500. The number of aliphatic hydroxyl groups is 1. The van der Waals surface area contributed by atoms with Gasteiger partial charge in [0, 0.05) is 20.2 Å². The van der Waals surface area contributed by atoms with Crippen LogP contribution in [0.25, 0.3) is 0 Å². The van der Waals surface area contributed by atoms with Gasteiger partial charge in [0.15, 0.2) is 0 Å². The molecule has 4 nitrogen and oxygen atoms in total. The maximum Gasteiger partial charge on any atom is 0.256 e. The quantitative estimate of drug-likeness (QED) is 0.875. The summed E-state index contributed by atoms with van der Waals surface area (Å²) < 4.78 is 5.74. The number of carbonyl (C=O) groups is 1. The molecule has 0 saturated heterocycles. The van der Waals surface area contributed by atoms with E-state index in [2.05, 4.69) is 0 Å². The molecule has 0 fully saturated rings. The standard InChI is InChI=1S/C10H13Cl2NO3S/c1-16-5-3-13(2-4-14)10(15)7-6-8(11)17-9(7)12/h6,14H,2-5H2,1H3. The molecule has 0 aliphatic carbocycles. The second kappa shape index (κ2) is 7.18. The number of thiophene rings is 1. The Balaban J connectivity index is 2.79. The van der Waals surface area contributed by atoms with E-state index in [1.807, 2.05) is 0 Å². The molecule has 1 rings (SSSR count). The number of amides is 1. The number of hydrogen-bond donors (Lipinski definition) is 1. The Morgan fingerprint density at radius 3 is 2.71 bits per heavy atom. The summed E-state index contributed by atoms with van der Waals surface area (Å²) in [7, 11) is 1.55. The number of rotatable bonds is 6. The SMILES string of the molecule is COCCN(CCO)C(=O)c1cc(Cl)sc1Cl. The Morgan fingerprint density at radius 1 is 1.53 bits per heavy atom. The Kier molecular flexibility index (Phi) is 6.22. The fourth-order valence-corrected chi connectivity index (χ4v) is 2.74. The van der Waals surface area contributed by atoms with Crippen molar-refractivity contribution < 1.29 is 14.6 Å². The van der Waals surface area contributed by atoms with E-state index in [9.17, 15) is 4.79 Å². The molecule has 1 amide bonds. The minimum atomic E-state index is -0.246. The molecule has 0 aliphatic rings. The highest BCUT2D eigenvalue weighted by Gasteiger charge is 2.20. The van der Waals surface area contributed by atoms with Gasteiger partial charge in [-0.25, -0.2) is 0 Å². The first kappa shape index (κ1) is 14.7. The molecule has 96 valence electrons. The van der Waals surface area contributed by atoms with E-state index in [0.29, 0.717) is 27.4 Å². The molecule has 0 aliphatic heterocycles. The largest absolute Gasteiger partial charge is 0.395 e. The number of hydrogen-bond acceptors (Lipinski definition) is 4. The van der Waals surface area contributed by atoms with Gasteiger partial charge in [-0.1, -0.05) is 23.2 Å². The van der Waals surface area contributed by atoms with Crippen LogP contribution in [0.3, 0.4) is 0 Å². The molecular formula is C10H13Cl2NO3S. The van der Waals surface area contributed by atoms with Gasteiger partial charge in [-0.2, -0.15) is 0 Å². The van der Waals surface area contributed by atoms with Gasteiger partial charge >= 0.3 is 0 Å². The number of nitrogens with zero attached hydrogens (tertiary/aromatic N) is 1. The normalized spacial score (nSPS) is 10.6. The van der Waals surface area contributed by atoms with Crippen LogP contribution in [0.1, 0.15) is 10.4 Å². The summed E-state index contributed by atoms with van der Waals surface area (Å²) >= 11 is 12.8. The molecule has 17 heavy (non-hydrogen) atoms. The predicted octanol–water partition coefficient (Wildman–Crippen LogP) is 2.14. The number of ether oxygens (including phenoxy) is 1. The Morgan fingerprint density at radius 2 is 2.24 bits per heavy atom. The monoisotopic (exact) mass is 297 g/mol. The van der Waals surface area contributed by atoms with Crippen LogP contribution in [-0.2, 0) is 4.74 Å². The van der Waals surface area contributed by atoms with Crippen molar-refractivity contribution in [1.29, 1.82) is 0 Å². The minimum absolute atomic E-state index is 0.106. The van der Waals surface area contributed by atoms with Crippen LogP contribution in [0.2, 0.25) is 8.67 Å². The Hall–Kier alpha value is -0.330. The third kappa shape index (κ3) is 4.12. The molecule has 1 heterocycles. The lowest BCUT2D eigenvalue weighted by atomic mass is 10.3. The first-order valence-corrected chi connectivity index (χ1v) is 6.51. The maximum absolute atomic E-state index is 12.1. The van der Waals surface area contributed by atoms with Crippen molar-refractivity contribution in [2.75, 3.05) is 33.4 Å². The highest BCUT2D eigenvalue weighted by Crippen LogP contribution is 2.31. The Labute approximate surface area is 114 Å². The van der Waals surface area contributed by atoms with Crippen LogP contribution in [0, 0.1) is 0 Å². The second-order valence-corrected chi connectivity index (χ2v) is 5.53. The smallest absolute Gasteiger partial charge is 0.256 e. The van der Waals surface area contributed by atoms with Crippen molar-refractivity contribution in [3.63, 3.8) is 0 Å². The summed E-state index contributed by atoms with van der Waals surface area (Å²) in [5.74, 6) is -0.246. The summed E-state index contributed by atoms with van der Waals surface area (Å²) in [6, 6.07) is 1.54. The molecular weight excluding hydrogens is 285 g/mol. The van der Waals surface area contributed by atoms with E-state index >= 15 is 0 Å². The predicted molar refractivity (Wildman–Crippen MR) is 69.2 cm³/mol. The molecule has 0 aromatic carbocycles. The van der Waals surface area contributed by atoms with Crippen LogP contribution in [0.4, 0.5) is 0 Å². The van der Waals surface area contributed by atoms with Crippen LogP contribution < -0.4 is 0 Å². The van der Waals surface area contributed by atoms with Gasteiger partial charge < -0.3 is 14.7 Å². The molecule has 7 heteroatoms. The number of methoxy groups -OCH3 is 1. The molecule has 0 spiro atoms. The van der Waals surface area contributed by atoms with Crippen molar-refractivity contribution in [1.82, 2.24) is 4.90 Å². The summed E-state index contributed by atoms with van der Waals surface area (Å²) in [5.41, 5.74) is 0.367. The third-order valence-corrected chi connectivity index (χ3v) is 3.60. The number of halogens is 2. The summed E-state index contributed by atoms with van der Waals surface area (Å²) in [6.45, 7) is 0.942. The van der Waals surface area contributed by atoms with E-state index in [1.54, 1.807) is 7.11 Å². The lowest BCUT2D eigenvalue weighted by Crippen LogP contribution is -2.36. The topological polar surface area (TPSA) is 49.8 Å². The van der Waals surface area contributed by atoms with E-state index in [0.717, 1.165) is 11.3 Å². The van der Waals surface area contributed by atoms with Crippen molar-refractivity contribution >= 4 is 40.4 Å². The van der Waals surface area contributed by atoms with Gasteiger partial charge in [0.05, 0.1) is 23.1 Å². The zero-order valence-corrected chi connectivity index (χ0v) is 11.6. The van der Waals surface area contributed by atoms with Gasteiger partial charge in [0.25, 0.3) is 5.91 Å². The van der Waals surface area contributed by atoms with Crippen LogP contribution >= 0.6 is 34.5 Å². The van der Waals surface area contributed by atoms with Gasteiger partial charge in [-0.3, -0.25) is 4.79 Å². The van der Waals surface area contributed by atoms with Crippen LogP contribution in [-0.4, -0.2) is 49.3 Å². The summed E-state index contributed by atoms with van der Waals surface area (Å²) in [4.78, 5) is 13.6. The fourth-order valence-electron chi connectivity index (χ4n) is 1.29. The highest BCUT2D eigenvalue weighted by atomic mass is 35.5. The highest BCUT2D eigenvalue weighted by molar-refractivity contribution is 7.20. The van der Waals surface area contributed by atoms with Gasteiger partial charge in [0.2, 0.25) is 0 Å². The lowest BCUT2D eigenvalue weighted by molar-refractivity contribution is 0.0657. The van der Waals surface area contributed by atoms with E-state index in [-0.39, 0.29) is 19.1 Å². The molecule has 0 bridgehead atoms.